The molecule has 1 aliphatic rings. The van der Waals surface area contributed by atoms with Crippen LogP contribution in [0.2, 0.25) is 0 Å². The smallest absolute Gasteiger partial charge is 0.159 e. The van der Waals surface area contributed by atoms with E-state index in [1.165, 1.54) is 18.5 Å². The van der Waals surface area contributed by atoms with E-state index in [-0.39, 0.29) is 0 Å². The summed E-state index contributed by atoms with van der Waals surface area (Å²) >= 11 is 0. The van der Waals surface area contributed by atoms with Gasteiger partial charge in [0, 0.05) is 30.6 Å². The number of hydrogen-bond acceptors (Lipinski definition) is 4. The first-order valence-corrected chi connectivity index (χ1v) is 7.36. The maximum absolute atomic E-state index is 4.64. The summed E-state index contributed by atoms with van der Waals surface area (Å²) in [4.78, 5) is 9.17. The molecule has 0 spiro atoms. The van der Waals surface area contributed by atoms with Gasteiger partial charge in [0.15, 0.2) is 5.82 Å². The van der Waals surface area contributed by atoms with Crippen LogP contribution in [0.25, 0.3) is 5.82 Å². The predicted octanol–water partition coefficient (Wildman–Crippen LogP) is 3.09. The molecule has 106 valence electrons. The molecule has 0 saturated heterocycles. The molecule has 5 heteroatoms. The molecule has 1 aliphatic carbocycles. The van der Waals surface area contributed by atoms with E-state index in [1.807, 2.05) is 16.9 Å². The Hall–Kier alpha value is -1.91. The maximum atomic E-state index is 4.64. The summed E-state index contributed by atoms with van der Waals surface area (Å²) in [5.74, 6) is 3.51. The molecule has 2 aromatic rings. The lowest BCUT2D eigenvalue weighted by Gasteiger charge is -2.10. The van der Waals surface area contributed by atoms with Gasteiger partial charge in [0.05, 0.1) is 5.69 Å². The van der Waals surface area contributed by atoms with Gasteiger partial charge in [-0.3, -0.25) is 0 Å². The topological polar surface area (TPSA) is 55.6 Å². The monoisotopic (exact) mass is 271 g/mol. The SMILES string of the molecule is CCNc1cc(-n2ccc(C3CC3)n2)nc(C(C)C)n1. The zero-order chi connectivity index (χ0) is 14.1. The molecule has 1 saturated carbocycles. The second-order valence-electron chi connectivity index (χ2n) is 5.61. The first-order chi connectivity index (χ1) is 9.67. The minimum absolute atomic E-state index is 0.297. The van der Waals surface area contributed by atoms with Crippen molar-refractivity contribution in [1.82, 2.24) is 19.7 Å². The standard InChI is InChI=1S/C15H21N5/c1-4-16-13-9-14(18-15(17-13)10(2)3)20-8-7-12(19-20)11-5-6-11/h7-11H,4-6H2,1-3H3,(H,16,17,18). The molecule has 1 fully saturated rings. The lowest BCUT2D eigenvalue weighted by Crippen LogP contribution is -2.09. The summed E-state index contributed by atoms with van der Waals surface area (Å²) in [5.41, 5.74) is 1.18. The molecule has 1 N–H and O–H groups in total. The second-order valence-corrected chi connectivity index (χ2v) is 5.61. The van der Waals surface area contributed by atoms with E-state index in [4.69, 9.17) is 0 Å². The molecule has 0 aromatic carbocycles. The highest BCUT2D eigenvalue weighted by molar-refractivity contribution is 5.41. The van der Waals surface area contributed by atoms with E-state index >= 15 is 0 Å². The van der Waals surface area contributed by atoms with Gasteiger partial charge in [-0.15, -0.1) is 0 Å². The Labute approximate surface area is 119 Å². The highest BCUT2D eigenvalue weighted by Crippen LogP contribution is 2.39. The van der Waals surface area contributed by atoms with Crippen LogP contribution >= 0.6 is 0 Å². The molecule has 0 amide bonds. The number of nitrogens with one attached hydrogen (secondary N) is 1. The van der Waals surface area contributed by atoms with Crippen LogP contribution in [0, 0.1) is 0 Å². The largest absolute Gasteiger partial charge is 0.370 e. The van der Waals surface area contributed by atoms with Crippen LogP contribution in [0.5, 0.6) is 0 Å². The third-order valence-electron chi connectivity index (χ3n) is 3.44. The molecule has 0 unspecified atom stereocenters. The number of hydrogen-bond donors (Lipinski definition) is 1. The Morgan fingerprint density at radius 1 is 1.35 bits per heavy atom. The van der Waals surface area contributed by atoms with Gasteiger partial charge >= 0.3 is 0 Å². The van der Waals surface area contributed by atoms with Crippen molar-refractivity contribution in [2.75, 3.05) is 11.9 Å². The van der Waals surface area contributed by atoms with Gasteiger partial charge in [0.2, 0.25) is 0 Å². The van der Waals surface area contributed by atoms with Crippen LogP contribution in [0.4, 0.5) is 5.82 Å². The molecule has 0 atom stereocenters. The molecular formula is C15H21N5. The fourth-order valence-electron chi connectivity index (χ4n) is 2.16. The number of anilines is 1. The summed E-state index contributed by atoms with van der Waals surface area (Å²) in [6, 6.07) is 4.06. The van der Waals surface area contributed by atoms with Crippen molar-refractivity contribution in [2.24, 2.45) is 0 Å². The lowest BCUT2D eigenvalue weighted by molar-refractivity contribution is 0.740. The quantitative estimate of drug-likeness (QED) is 0.908. The average molecular weight is 271 g/mol. The Balaban J connectivity index is 1.97. The normalized spacial score (nSPS) is 14.8. The van der Waals surface area contributed by atoms with Crippen molar-refractivity contribution in [3.8, 4) is 5.82 Å². The van der Waals surface area contributed by atoms with E-state index in [2.05, 4.69) is 47.2 Å². The van der Waals surface area contributed by atoms with E-state index in [0.29, 0.717) is 11.8 Å². The number of nitrogens with zero attached hydrogens (tertiary/aromatic N) is 4. The van der Waals surface area contributed by atoms with Gasteiger partial charge < -0.3 is 5.32 Å². The first-order valence-electron chi connectivity index (χ1n) is 7.36. The molecule has 0 radical (unpaired) electrons. The molecule has 0 bridgehead atoms. The fourth-order valence-corrected chi connectivity index (χ4v) is 2.16. The van der Waals surface area contributed by atoms with E-state index in [1.54, 1.807) is 0 Å². The zero-order valence-electron chi connectivity index (χ0n) is 12.3. The van der Waals surface area contributed by atoms with Crippen LogP contribution in [-0.4, -0.2) is 26.3 Å². The van der Waals surface area contributed by atoms with Gasteiger partial charge in [-0.25, -0.2) is 14.6 Å². The van der Waals surface area contributed by atoms with Crippen molar-refractivity contribution < 1.29 is 0 Å². The maximum Gasteiger partial charge on any atom is 0.159 e. The summed E-state index contributed by atoms with van der Waals surface area (Å²) in [7, 11) is 0. The molecular weight excluding hydrogens is 250 g/mol. The van der Waals surface area contributed by atoms with Gasteiger partial charge in [-0.2, -0.15) is 5.10 Å². The third kappa shape index (κ3) is 2.66. The van der Waals surface area contributed by atoms with E-state index < -0.39 is 0 Å². The Bertz CT molecular complexity index is 598. The van der Waals surface area contributed by atoms with E-state index in [9.17, 15) is 0 Å². The van der Waals surface area contributed by atoms with Crippen LogP contribution in [0.1, 0.15) is 57.0 Å². The lowest BCUT2D eigenvalue weighted by atomic mass is 10.2. The van der Waals surface area contributed by atoms with Gasteiger partial charge in [-0.05, 0) is 25.8 Å². The van der Waals surface area contributed by atoms with Gasteiger partial charge in [-0.1, -0.05) is 13.8 Å². The summed E-state index contributed by atoms with van der Waals surface area (Å²) in [6.45, 7) is 7.12. The van der Waals surface area contributed by atoms with Crippen LogP contribution in [0.15, 0.2) is 18.3 Å². The Morgan fingerprint density at radius 2 is 2.15 bits per heavy atom. The van der Waals surface area contributed by atoms with Crippen LogP contribution in [0.3, 0.4) is 0 Å². The van der Waals surface area contributed by atoms with Crippen molar-refractivity contribution in [3.05, 3.63) is 29.8 Å². The van der Waals surface area contributed by atoms with Gasteiger partial charge in [0.1, 0.15) is 11.6 Å². The molecule has 2 heterocycles. The summed E-state index contributed by atoms with van der Waals surface area (Å²) in [6.07, 6.45) is 4.52. The molecule has 3 rings (SSSR count). The van der Waals surface area contributed by atoms with Crippen molar-refractivity contribution >= 4 is 5.82 Å². The van der Waals surface area contributed by atoms with Crippen molar-refractivity contribution in [3.63, 3.8) is 0 Å². The number of rotatable bonds is 5. The third-order valence-corrected chi connectivity index (χ3v) is 3.44. The average Bonchev–Trinajstić information content (AvgIpc) is 3.16. The Kier molecular flexibility index (Phi) is 3.42. The van der Waals surface area contributed by atoms with Gasteiger partial charge in [0.25, 0.3) is 0 Å². The zero-order valence-corrected chi connectivity index (χ0v) is 12.3. The molecule has 0 aliphatic heterocycles. The minimum Gasteiger partial charge on any atom is -0.370 e. The van der Waals surface area contributed by atoms with Crippen molar-refractivity contribution in [1.29, 1.82) is 0 Å². The second kappa shape index (κ2) is 5.23. The summed E-state index contributed by atoms with van der Waals surface area (Å²) in [5, 5.41) is 7.91. The van der Waals surface area contributed by atoms with Crippen molar-refractivity contribution in [2.45, 2.75) is 45.4 Å². The molecule has 2 aromatic heterocycles. The van der Waals surface area contributed by atoms with Crippen LogP contribution in [-0.2, 0) is 0 Å². The van der Waals surface area contributed by atoms with Crippen LogP contribution < -0.4 is 5.32 Å². The fraction of sp³-hybridized carbons (Fsp3) is 0.533. The van der Waals surface area contributed by atoms with E-state index in [0.717, 1.165) is 24.0 Å². The molecule has 5 nitrogen and oxygen atoms in total. The highest BCUT2D eigenvalue weighted by Gasteiger charge is 2.26. The molecule has 20 heavy (non-hydrogen) atoms. The highest BCUT2D eigenvalue weighted by atomic mass is 15.3. The Morgan fingerprint density at radius 3 is 2.80 bits per heavy atom. The minimum atomic E-state index is 0.297. The number of aromatic nitrogens is 4. The first kappa shape index (κ1) is 13.1. The predicted molar refractivity (Wildman–Crippen MR) is 79.4 cm³/mol. The summed E-state index contributed by atoms with van der Waals surface area (Å²) < 4.78 is 1.86.